The van der Waals surface area contributed by atoms with Crippen LogP contribution in [0.15, 0.2) is 48.5 Å². The number of rotatable bonds is 10. The van der Waals surface area contributed by atoms with Crippen molar-refractivity contribution < 1.29 is 19.1 Å². The largest absolute Gasteiger partial charge is 0.497 e. The van der Waals surface area contributed by atoms with E-state index in [1.165, 1.54) is 0 Å². The van der Waals surface area contributed by atoms with Crippen LogP contribution < -0.4 is 14.8 Å². The number of benzene rings is 2. The molecule has 180 valence electrons. The number of methoxy groups -OCH3 is 1. The molecule has 0 aliphatic carbocycles. The van der Waals surface area contributed by atoms with Crippen molar-refractivity contribution in [3.05, 3.63) is 59.7 Å². The van der Waals surface area contributed by atoms with Crippen LogP contribution in [0.5, 0.6) is 11.5 Å². The minimum absolute atomic E-state index is 0.0311. The lowest BCUT2D eigenvalue weighted by atomic mass is 9.86. The standard InChI is InChI=1S/C27H38N2O4/c1-8-19(2)28-26(31)20(3)29(17-21-12-11-13-22(16-21)32-7)25(30)18-33-24-15-10-9-14-23(24)27(4,5)6/h9-16,19-20H,8,17-18H2,1-7H3,(H,28,31)/t19-,20+/m1/s1. The van der Waals surface area contributed by atoms with Crippen LogP contribution in [0, 0.1) is 0 Å². The van der Waals surface area contributed by atoms with Gasteiger partial charge in [0.1, 0.15) is 17.5 Å². The summed E-state index contributed by atoms with van der Waals surface area (Å²) in [4.78, 5) is 27.7. The maximum Gasteiger partial charge on any atom is 0.261 e. The molecule has 0 radical (unpaired) electrons. The zero-order chi connectivity index (χ0) is 24.6. The Morgan fingerprint density at radius 2 is 1.76 bits per heavy atom. The van der Waals surface area contributed by atoms with Crippen molar-refractivity contribution in [3.8, 4) is 11.5 Å². The molecule has 0 saturated carbocycles. The third kappa shape index (κ3) is 7.52. The summed E-state index contributed by atoms with van der Waals surface area (Å²) in [5, 5.41) is 2.98. The molecule has 2 amide bonds. The molecule has 0 saturated heterocycles. The van der Waals surface area contributed by atoms with Crippen LogP contribution in [0.3, 0.4) is 0 Å². The maximum absolute atomic E-state index is 13.3. The summed E-state index contributed by atoms with van der Waals surface area (Å²) in [7, 11) is 1.60. The van der Waals surface area contributed by atoms with Gasteiger partial charge in [0.2, 0.25) is 5.91 Å². The third-order valence-electron chi connectivity index (χ3n) is 5.70. The molecule has 2 rings (SSSR count). The Balaban J connectivity index is 2.25. The molecular weight excluding hydrogens is 416 g/mol. The maximum atomic E-state index is 13.3. The molecule has 1 N–H and O–H groups in total. The average molecular weight is 455 g/mol. The van der Waals surface area contributed by atoms with Gasteiger partial charge in [0, 0.05) is 12.6 Å². The number of para-hydroxylation sites is 1. The highest BCUT2D eigenvalue weighted by Gasteiger charge is 2.28. The fourth-order valence-electron chi connectivity index (χ4n) is 3.45. The minimum Gasteiger partial charge on any atom is -0.497 e. The van der Waals surface area contributed by atoms with E-state index in [0.717, 1.165) is 17.5 Å². The van der Waals surface area contributed by atoms with Gasteiger partial charge in [0.05, 0.1) is 7.11 Å². The van der Waals surface area contributed by atoms with Crippen molar-refractivity contribution in [1.29, 1.82) is 0 Å². The summed E-state index contributed by atoms with van der Waals surface area (Å²) in [6, 6.07) is 14.6. The normalized spacial score (nSPS) is 13.1. The van der Waals surface area contributed by atoms with Gasteiger partial charge < -0.3 is 19.7 Å². The second-order valence-corrected chi connectivity index (χ2v) is 9.40. The number of nitrogens with zero attached hydrogens (tertiary/aromatic N) is 1. The lowest BCUT2D eigenvalue weighted by molar-refractivity contribution is -0.142. The van der Waals surface area contributed by atoms with E-state index in [-0.39, 0.29) is 36.4 Å². The molecule has 0 bridgehead atoms. The Morgan fingerprint density at radius 1 is 1.06 bits per heavy atom. The fraction of sp³-hybridized carbons (Fsp3) is 0.481. The number of nitrogens with one attached hydrogen (secondary N) is 1. The van der Waals surface area contributed by atoms with Crippen LogP contribution in [0.1, 0.15) is 59.1 Å². The van der Waals surface area contributed by atoms with E-state index in [2.05, 4.69) is 26.1 Å². The van der Waals surface area contributed by atoms with Gasteiger partial charge in [-0.15, -0.1) is 0 Å². The molecule has 0 heterocycles. The summed E-state index contributed by atoms with van der Waals surface area (Å²) < 4.78 is 11.3. The van der Waals surface area contributed by atoms with E-state index in [1.54, 1.807) is 18.9 Å². The molecule has 2 aromatic carbocycles. The number of amides is 2. The van der Waals surface area contributed by atoms with E-state index in [9.17, 15) is 9.59 Å². The van der Waals surface area contributed by atoms with Crippen molar-refractivity contribution in [1.82, 2.24) is 10.2 Å². The lowest BCUT2D eigenvalue weighted by Crippen LogP contribution is -2.50. The van der Waals surface area contributed by atoms with Crippen LogP contribution in [0.25, 0.3) is 0 Å². The average Bonchev–Trinajstić information content (AvgIpc) is 2.80. The number of carbonyl (C=O) groups is 2. The second kappa shape index (κ2) is 11.7. The Bertz CT molecular complexity index is 936. The topological polar surface area (TPSA) is 67.9 Å². The third-order valence-corrected chi connectivity index (χ3v) is 5.70. The Labute approximate surface area is 198 Å². The molecule has 0 aromatic heterocycles. The number of carbonyl (C=O) groups excluding carboxylic acids is 2. The van der Waals surface area contributed by atoms with Crippen LogP contribution in [-0.2, 0) is 21.5 Å². The van der Waals surface area contributed by atoms with Gasteiger partial charge in [-0.2, -0.15) is 0 Å². The molecule has 0 spiro atoms. The fourth-order valence-corrected chi connectivity index (χ4v) is 3.45. The highest BCUT2D eigenvalue weighted by atomic mass is 16.5. The van der Waals surface area contributed by atoms with E-state index in [1.807, 2.05) is 62.4 Å². The van der Waals surface area contributed by atoms with Crippen molar-refractivity contribution in [3.63, 3.8) is 0 Å². The minimum atomic E-state index is -0.654. The van der Waals surface area contributed by atoms with E-state index in [4.69, 9.17) is 9.47 Å². The molecule has 0 fully saturated rings. The van der Waals surface area contributed by atoms with Crippen molar-refractivity contribution in [2.24, 2.45) is 0 Å². The van der Waals surface area contributed by atoms with Crippen LogP contribution >= 0.6 is 0 Å². The van der Waals surface area contributed by atoms with E-state index in [0.29, 0.717) is 11.5 Å². The summed E-state index contributed by atoms with van der Waals surface area (Å²) >= 11 is 0. The Hall–Kier alpha value is -3.02. The predicted molar refractivity (Wildman–Crippen MR) is 132 cm³/mol. The van der Waals surface area contributed by atoms with E-state index < -0.39 is 6.04 Å². The molecule has 0 unspecified atom stereocenters. The smallest absolute Gasteiger partial charge is 0.261 e. The summed E-state index contributed by atoms with van der Waals surface area (Å²) in [6.45, 7) is 12.1. The molecule has 0 aliphatic rings. The SMILES string of the molecule is CC[C@@H](C)NC(=O)[C@H](C)N(Cc1cccc(OC)c1)C(=O)COc1ccccc1C(C)(C)C. The van der Waals surface area contributed by atoms with Gasteiger partial charge >= 0.3 is 0 Å². The van der Waals surface area contributed by atoms with Crippen LogP contribution in [-0.4, -0.2) is 42.5 Å². The van der Waals surface area contributed by atoms with E-state index >= 15 is 0 Å². The van der Waals surface area contributed by atoms with Gasteiger partial charge in [-0.1, -0.05) is 58.0 Å². The first-order valence-electron chi connectivity index (χ1n) is 11.5. The van der Waals surface area contributed by atoms with Crippen molar-refractivity contribution in [2.45, 2.75) is 72.0 Å². The zero-order valence-corrected chi connectivity index (χ0v) is 21.0. The monoisotopic (exact) mass is 454 g/mol. The highest BCUT2D eigenvalue weighted by Crippen LogP contribution is 2.31. The van der Waals surface area contributed by atoms with Gasteiger partial charge in [0.25, 0.3) is 5.91 Å². The zero-order valence-electron chi connectivity index (χ0n) is 21.0. The molecule has 6 nitrogen and oxygen atoms in total. The number of ether oxygens (including phenoxy) is 2. The molecule has 33 heavy (non-hydrogen) atoms. The molecule has 2 atom stereocenters. The Morgan fingerprint density at radius 3 is 2.39 bits per heavy atom. The number of hydrogen-bond donors (Lipinski definition) is 1. The first kappa shape index (κ1) is 26.2. The van der Waals surface area contributed by atoms with Gasteiger partial charge in [-0.3, -0.25) is 9.59 Å². The number of hydrogen-bond acceptors (Lipinski definition) is 4. The van der Waals surface area contributed by atoms with Crippen LogP contribution in [0.4, 0.5) is 0 Å². The van der Waals surface area contributed by atoms with Gasteiger partial charge in [-0.05, 0) is 55.0 Å². The second-order valence-electron chi connectivity index (χ2n) is 9.40. The van der Waals surface area contributed by atoms with Gasteiger partial charge in [0.15, 0.2) is 6.61 Å². The summed E-state index contributed by atoms with van der Waals surface area (Å²) in [5.41, 5.74) is 1.78. The molecule has 6 heteroatoms. The Kier molecular flexibility index (Phi) is 9.32. The highest BCUT2D eigenvalue weighted by molar-refractivity contribution is 5.88. The van der Waals surface area contributed by atoms with Gasteiger partial charge in [-0.25, -0.2) is 0 Å². The lowest BCUT2D eigenvalue weighted by Gasteiger charge is -2.30. The molecule has 2 aromatic rings. The summed E-state index contributed by atoms with van der Waals surface area (Å²) in [5.74, 6) is 0.937. The molecular formula is C27H38N2O4. The first-order chi connectivity index (χ1) is 15.6. The van der Waals surface area contributed by atoms with Crippen LogP contribution in [0.2, 0.25) is 0 Å². The van der Waals surface area contributed by atoms with Crippen molar-refractivity contribution >= 4 is 11.8 Å². The van der Waals surface area contributed by atoms with Crippen molar-refractivity contribution in [2.75, 3.05) is 13.7 Å². The quantitative estimate of drug-likeness (QED) is 0.565. The molecule has 0 aliphatic heterocycles. The summed E-state index contributed by atoms with van der Waals surface area (Å²) in [6.07, 6.45) is 0.814. The first-order valence-corrected chi connectivity index (χ1v) is 11.5. The predicted octanol–water partition coefficient (Wildman–Crippen LogP) is 4.70.